The van der Waals surface area contributed by atoms with Crippen molar-refractivity contribution < 1.29 is 9.63 Å². The second-order valence-electron chi connectivity index (χ2n) is 11.9. The number of oxime groups is 1. The number of hydrogen-bond acceptors (Lipinski definition) is 4. The van der Waals surface area contributed by atoms with E-state index in [1.54, 1.807) is 0 Å². The van der Waals surface area contributed by atoms with Crippen molar-refractivity contribution in [2.75, 3.05) is 6.61 Å². The predicted molar refractivity (Wildman–Crippen MR) is 170 cm³/mol. The van der Waals surface area contributed by atoms with Crippen LogP contribution in [0.1, 0.15) is 129 Å². The molecule has 1 saturated carbocycles. The molecule has 0 spiro atoms. The maximum absolute atomic E-state index is 13.2. The second-order valence-corrected chi connectivity index (χ2v) is 11.9. The van der Waals surface area contributed by atoms with E-state index in [-0.39, 0.29) is 13.3 Å². The van der Waals surface area contributed by atoms with Gasteiger partial charge in [0.1, 0.15) is 12.4 Å². The number of aromatic nitrogens is 1. The lowest BCUT2D eigenvalue weighted by Gasteiger charge is -2.29. The first-order valence-corrected chi connectivity index (χ1v) is 15.7. The summed E-state index contributed by atoms with van der Waals surface area (Å²) in [5, 5.41) is 4.53. The molecule has 40 heavy (non-hydrogen) atoms. The number of benzene rings is 1. The lowest BCUT2D eigenvalue weighted by Crippen LogP contribution is -2.27. The van der Waals surface area contributed by atoms with Gasteiger partial charge in [-0.15, -0.1) is 0 Å². The van der Waals surface area contributed by atoms with Crippen molar-refractivity contribution >= 4 is 11.5 Å². The van der Waals surface area contributed by atoms with E-state index in [1.165, 1.54) is 30.4 Å². The zero-order chi connectivity index (χ0) is 28.0. The molecule has 4 heteroatoms. The number of carbonyl (C=O) groups is 1. The lowest BCUT2D eigenvalue weighted by atomic mass is 9.75. The quantitative estimate of drug-likeness (QED) is 0.155. The maximum atomic E-state index is 13.2. The minimum Gasteiger partial charge on any atom is -0.396 e. The number of Topliss-reactive ketones (excluding diaryl/α,β-unsaturated/α-hetero) is 1. The summed E-state index contributed by atoms with van der Waals surface area (Å²) in [4.78, 5) is 22.9. The topological polar surface area (TPSA) is 51.5 Å². The molecule has 3 rings (SSSR count). The van der Waals surface area contributed by atoms with Crippen molar-refractivity contribution in [2.45, 2.75) is 119 Å². The first kappa shape index (κ1) is 33.7. The van der Waals surface area contributed by atoms with Gasteiger partial charge in [-0.3, -0.25) is 9.78 Å². The van der Waals surface area contributed by atoms with Crippen LogP contribution in [0.3, 0.4) is 0 Å². The molecule has 1 aliphatic rings. The summed E-state index contributed by atoms with van der Waals surface area (Å²) in [6.07, 6.45) is 15.4. The molecule has 0 saturated heterocycles. The Labute approximate surface area is 245 Å². The van der Waals surface area contributed by atoms with E-state index in [0.29, 0.717) is 36.1 Å². The van der Waals surface area contributed by atoms with Gasteiger partial charge in [-0.05, 0) is 98.4 Å². The zero-order valence-corrected chi connectivity index (χ0v) is 25.2. The fraction of sp³-hybridized carbons (Fsp3) is 0.639. The van der Waals surface area contributed by atoms with Crippen LogP contribution in [0.25, 0.3) is 0 Å². The number of ketones is 1. The van der Waals surface area contributed by atoms with Crippen LogP contribution in [0.15, 0.2) is 53.9 Å². The summed E-state index contributed by atoms with van der Waals surface area (Å²) in [7, 11) is 0. The van der Waals surface area contributed by atoms with Gasteiger partial charge in [-0.25, -0.2) is 0 Å². The summed E-state index contributed by atoms with van der Waals surface area (Å²) in [5.41, 5.74) is 4.95. The summed E-state index contributed by atoms with van der Waals surface area (Å²) in [5.74, 6) is 2.89. The maximum Gasteiger partial charge on any atom is 0.135 e. The molecule has 2 atom stereocenters. The van der Waals surface area contributed by atoms with Gasteiger partial charge in [0.2, 0.25) is 0 Å². The van der Waals surface area contributed by atoms with Crippen molar-refractivity contribution in [3.05, 3.63) is 65.5 Å². The Kier molecular flexibility index (Phi) is 15.2. The van der Waals surface area contributed by atoms with E-state index in [0.717, 1.165) is 62.6 Å². The number of pyridine rings is 1. The van der Waals surface area contributed by atoms with Crippen LogP contribution in [-0.2, 0) is 16.1 Å². The van der Waals surface area contributed by atoms with Gasteiger partial charge in [0, 0.05) is 30.7 Å². The minimum atomic E-state index is 0. The van der Waals surface area contributed by atoms with Crippen molar-refractivity contribution in [1.82, 2.24) is 4.98 Å². The van der Waals surface area contributed by atoms with Gasteiger partial charge in [0.05, 0.1) is 5.71 Å². The zero-order valence-electron chi connectivity index (χ0n) is 25.2. The molecule has 0 amide bonds. The highest BCUT2D eigenvalue weighted by atomic mass is 16.6. The van der Waals surface area contributed by atoms with Gasteiger partial charge in [0.25, 0.3) is 0 Å². The Balaban J connectivity index is 0.00000560. The molecule has 1 aliphatic carbocycles. The van der Waals surface area contributed by atoms with Crippen LogP contribution in [0, 0.1) is 23.7 Å². The highest BCUT2D eigenvalue weighted by molar-refractivity contribution is 6.02. The Hall–Kier alpha value is -2.49. The van der Waals surface area contributed by atoms with E-state index in [1.807, 2.05) is 19.3 Å². The van der Waals surface area contributed by atoms with Gasteiger partial charge >= 0.3 is 0 Å². The Morgan fingerprint density at radius 3 is 2.17 bits per heavy atom. The third kappa shape index (κ3) is 10.2. The molecule has 2 unspecified atom stereocenters. The van der Waals surface area contributed by atoms with Crippen molar-refractivity contribution in [2.24, 2.45) is 28.8 Å². The van der Waals surface area contributed by atoms with E-state index >= 15 is 0 Å². The fourth-order valence-electron chi connectivity index (χ4n) is 6.42. The number of rotatable bonds is 16. The van der Waals surface area contributed by atoms with Gasteiger partial charge in [0.15, 0.2) is 0 Å². The van der Waals surface area contributed by atoms with Gasteiger partial charge < -0.3 is 4.84 Å². The van der Waals surface area contributed by atoms with E-state index in [4.69, 9.17) is 4.84 Å². The molecule has 4 nitrogen and oxygen atoms in total. The fourth-order valence-corrected chi connectivity index (χ4v) is 6.42. The van der Waals surface area contributed by atoms with E-state index < -0.39 is 0 Å². The number of aryl methyl sites for hydroxylation is 1. The smallest absolute Gasteiger partial charge is 0.135 e. The lowest BCUT2D eigenvalue weighted by molar-refractivity contribution is -0.124. The van der Waals surface area contributed by atoms with Gasteiger partial charge in [-0.2, -0.15) is 0 Å². The molecule has 2 aromatic rings. The number of carbonyl (C=O) groups excluding carboxylic acids is 1. The molecule has 0 N–H and O–H groups in total. The molecular weight excluding hydrogens is 492 g/mol. The molecule has 1 aromatic carbocycles. The van der Waals surface area contributed by atoms with Crippen LogP contribution in [-0.4, -0.2) is 23.1 Å². The molecule has 222 valence electrons. The molecule has 0 bridgehead atoms. The monoisotopic (exact) mass is 548 g/mol. The molecule has 1 fully saturated rings. The van der Waals surface area contributed by atoms with Crippen molar-refractivity contribution in [3.8, 4) is 0 Å². The Morgan fingerprint density at radius 2 is 1.60 bits per heavy atom. The van der Waals surface area contributed by atoms with Crippen LogP contribution >= 0.6 is 0 Å². The largest absolute Gasteiger partial charge is 0.396 e. The SMILES string of the molecule is C.CCCC(CCCC(=O)C1CCC(C(=NOCC)c2ccc(CC)cc2)CC1)CC(c1ccncc1)C(C)C. The average molecular weight is 549 g/mol. The summed E-state index contributed by atoms with van der Waals surface area (Å²) >= 11 is 0. The average Bonchev–Trinajstić information content (AvgIpc) is 2.97. The van der Waals surface area contributed by atoms with Crippen molar-refractivity contribution in [1.29, 1.82) is 0 Å². The molecule has 1 aromatic heterocycles. The first-order valence-electron chi connectivity index (χ1n) is 15.7. The predicted octanol–water partition coefficient (Wildman–Crippen LogP) is 9.81. The highest BCUT2D eigenvalue weighted by Gasteiger charge is 2.30. The van der Waals surface area contributed by atoms with Crippen LogP contribution < -0.4 is 0 Å². The minimum absolute atomic E-state index is 0. The van der Waals surface area contributed by atoms with Gasteiger partial charge in [-0.1, -0.05) is 83.8 Å². The standard InChI is InChI=1S/C35H52N2O2.CH4/c1-6-10-28(25-33(26(4)5)29-21-23-36-24-22-29)11-9-12-34(38)30-17-19-32(20-18-30)35(37-39-8-3)31-15-13-27(7-2)14-16-31;/h13-16,21-24,26,28,30,32-33H,6-12,17-20,25H2,1-5H3;1H4. The molecule has 0 aliphatic heterocycles. The third-order valence-electron chi connectivity index (χ3n) is 8.78. The van der Waals surface area contributed by atoms with Crippen LogP contribution in [0.2, 0.25) is 0 Å². The normalized spacial score (nSPS) is 19.1. The summed E-state index contributed by atoms with van der Waals surface area (Å²) < 4.78 is 0. The number of nitrogens with zero attached hydrogens (tertiary/aromatic N) is 2. The number of hydrogen-bond donors (Lipinski definition) is 0. The van der Waals surface area contributed by atoms with E-state index in [2.05, 4.69) is 74.2 Å². The first-order chi connectivity index (χ1) is 19.0. The van der Waals surface area contributed by atoms with Crippen LogP contribution in [0.4, 0.5) is 0 Å². The summed E-state index contributed by atoms with van der Waals surface area (Å²) in [6, 6.07) is 13.1. The van der Waals surface area contributed by atoms with Crippen LogP contribution in [0.5, 0.6) is 0 Å². The Bertz CT molecular complexity index is 991. The third-order valence-corrected chi connectivity index (χ3v) is 8.78. The molecule has 0 radical (unpaired) electrons. The molecule has 1 heterocycles. The van der Waals surface area contributed by atoms with Crippen molar-refractivity contribution in [3.63, 3.8) is 0 Å². The van der Waals surface area contributed by atoms with E-state index in [9.17, 15) is 4.79 Å². The second kappa shape index (κ2) is 18.0. The summed E-state index contributed by atoms with van der Waals surface area (Å²) in [6.45, 7) is 11.7. The highest BCUT2D eigenvalue weighted by Crippen LogP contribution is 2.36. The molecular formula is C36H56N2O2. The Morgan fingerprint density at radius 1 is 0.950 bits per heavy atom.